The van der Waals surface area contributed by atoms with E-state index in [9.17, 15) is 0 Å². The van der Waals surface area contributed by atoms with Gasteiger partial charge in [0.05, 0.1) is 12.9 Å². The van der Waals surface area contributed by atoms with Gasteiger partial charge in [0, 0.05) is 10.9 Å². The Kier molecular flexibility index (Phi) is 4.71. The van der Waals surface area contributed by atoms with Crippen LogP contribution in [0.15, 0.2) is 28.9 Å². The average molecular weight is 275 g/mol. The van der Waals surface area contributed by atoms with E-state index in [2.05, 4.69) is 39.1 Å². The minimum Gasteiger partial charge on any atom is -0.490 e. The van der Waals surface area contributed by atoms with Gasteiger partial charge in [-0.25, -0.2) is 0 Å². The minimum atomic E-state index is 0.148. The quantitative estimate of drug-likeness (QED) is 0.860. The number of hydrogen-bond donors (Lipinski definition) is 1. The first-order valence-corrected chi connectivity index (χ1v) is 7.38. The van der Waals surface area contributed by atoms with Gasteiger partial charge >= 0.3 is 0 Å². The Bertz CT molecular complexity index is 552. The van der Waals surface area contributed by atoms with Crippen molar-refractivity contribution in [3.63, 3.8) is 0 Å². The Morgan fingerprint density at radius 1 is 1.25 bits per heavy atom. The maximum absolute atomic E-state index is 5.73. The van der Waals surface area contributed by atoms with Crippen LogP contribution >= 0.6 is 0 Å². The highest BCUT2D eigenvalue weighted by atomic mass is 16.5. The molecule has 0 radical (unpaired) electrons. The maximum atomic E-state index is 5.73. The van der Waals surface area contributed by atoms with Crippen molar-refractivity contribution < 1.29 is 9.15 Å². The fourth-order valence-corrected chi connectivity index (χ4v) is 2.18. The number of hydrogen-bond acceptors (Lipinski definition) is 3. The molecule has 1 aromatic carbocycles. The van der Waals surface area contributed by atoms with Gasteiger partial charge in [-0.1, -0.05) is 19.1 Å². The van der Waals surface area contributed by atoms with Gasteiger partial charge in [-0.05, 0) is 51.8 Å². The summed E-state index contributed by atoms with van der Waals surface area (Å²) >= 11 is 0. The second-order valence-electron chi connectivity index (χ2n) is 6.17. The van der Waals surface area contributed by atoms with Gasteiger partial charge in [0.2, 0.25) is 0 Å². The first kappa shape index (κ1) is 14.9. The number of fused-ring (bicyclic) bond motifs is 1. The zero-order valence-corrected chi connectivity index (χ0v) is 13.0. The van der Waals surface area contributed by atoms with Crippen molar-refractivity contribution in [1.82, 2.24) is 5.32 Å². The summed E-state index contributed by atoms with van der Waals surface area (Å²) in [5.74, 6) is 0.847. The largest absolute Gasteiger partial charge is 0.490 e. The van der Waals surface area contributed by atoms with Gasteiger partial charge in [0.1, 0.15) is 0 Å². The smallest absolute Gasteiger partial charge is 0.175 e. The molecule has 1 N–H and O–H groups in total. The van der Waals surface area contributed by atoms with E-state index in [1.165, 1.54) is 5.56 Å². The standard InChI is InChI=1S/C17H25NO2/c1-5-11-19-15-8-6-7-14-13(12-20-16(14)15)9-10-18-17(2,3)4/h6-8,12,18H,5,9-11H2,1-4H3. The van der Waals surface area contributed by atoms with Crippen molar-refractivity contribution in [3.8, 4) is 5.75 Å². The van der Waals surface area contributed by atoms with E-state index in [-0.39, 0.29) is 5.54 Å². The summed E-state index contributed by atoms with van der Waals surface area (Å²) in [6.07, 6.45) is 3.81. The molecular weight excluding hydrogens is 250 g/mol. The van der Waals surface area contributed by atoms with E-state index >= 15 is 0 Å². The molecule has 2 aromatic rings. The molecule has 0 aliphatic heterocycles. The number of benzene rings is 1. The van der Waals surface area contributed by atoms with Crippen LogP contribution in [0.5, 0.6) is 5.75 Å². The molecule has 0 atom stereocenters. The lowest BCUT2D eigenvalue weighted by molar-refractivity contribution is 0.316. The highest BCUT2D eigenvalue weighted by Crippen LogP contribution is 2.30. The molecule has 0 unspecified atom stereocenters. The Labute approximate surface area is 121 Å². The van der Waals surface area contributed by atoms with Crippen molar-refractivity contribution in [1.29, 1.82) is 0 Å². The minimum absolute atomic E-state index is 0.148. The molecule has 0 spiro atoms. The van der Waals surface area contributed by atoms with E-state index in [0.29, 0.717) is 0 Å². The summed E-state index contributed by atoms with van der Waals surface area (Å²) in [6.45, 7) is 10.3. The fourth-order valence-electron chi connectivity index (χ4n) is 2.18. The first-order valence-electron chi connectivity index (χ1n) is 7.38. The van der Waals surface area contributed by atoms with Crippen LogP contribution in [-0.4, -0.2) is 18.7 Å². The van der Waals surface area contributed by atoms with Crippen LogP contribution in [0.25, 0.3) is 11.0 Å². The van der Waals surface area contributed by atoms with Crippen molar-refractivity contribution in [2.45, 2.75) is 46.1 Å². The molecule has 0 aliphatic carbocycles. The number of furan rings is 1. The van der Waals surface area contributed by atoms with Crippen LogP contribution in [-0.2, 0) is 6.42 Å². The van der Waals surface area contributed by atoms with Crippen LogP contribution in [0.4, 0.5) is 0 Å². The third-order valence-electron chi connectivity index (χ3n) is 3.16. The van der Waals surface area contributed by atoms with Gasteiger partial charge in [-0.3, -0.25) is 0 Å². The zero-order valence-electron chi connectivity index (χ0n) is 13.0. The molecular formula is C17H25NO2. The molecule has 0 saturated heterocycles. The summed E-state index contributed by atoms with van der Waals surface area (Å²) < 4.78 is 11.4. The molecule has 2 rings (SSSR count). The normalized spacial score (nSPS) is 12.0. The van der Waals surface area contributed by atoms with Crippen molar-refractivity contribution in [3.05, 3.63) is 30.0 Å². The van der Waals surface area contributed by atoms with Gasteiger partial charge in [-0.2, -0.15) is 0 Å². The lowest BCUT2D eigenvalue weighted by atomic mass is 10.1. The molecule has 0 aliphatic rings. The topological polar surface area (TPSA) is 34.4 Å². The fraction of sp³-hybridized carbons (Fsp3) is 0.529. The molecule has 110 valence electrons. The molecule has 3 heteroatoms. The molecule has 1 heterocycles. The van der Waals surface area contributed by atoms with Crippen LogP contribution in [0.1, 0.15) is 39.7 Å². The van der Waals surface area contributed by atoms with E-state index < -0.39 is 0 Å². The van der Waals surface area contributed by atoms with Crippen molar-refractivity contribution in [2.75, 3.05) is 13.2 Å². The Morgan fingerprint density at radius 2 is 2.05 bits per heavy atom. The second-order valence-corrected chi connectivity index (χ2v) is 6.17. The van der Waals surface area contributed by atoms with Crippen LogP contribution in [0.2, 0.25) is 0 Å². The predicted octanol–water partition coefficient (Wildman–Crippen LogP) is 4.15. The molecule has 0 bridgehead atoms. The Hall–Kier alpha value is -1.48. The zero-order chi connectivity index (χ0) is 14.6. The third-order valence-corrected chi connectivity index (χ3v) is 3.16. The molecule has 0 amide bonds. The number of rotatable bonds is 6. The first-order chi connectivity index (χ1) is 9.51. The second kappa shape index (κ2) is 6.31. The molecule has 0 fully saturated rings. The monoisotopic (exact) mass is 275 g/mol. The van der Waals surface area contributed by atoms with Crippen LogP contribution < -0.4 is 10.1 Å². The Morgan fingerprint density at radius 3 is 2.75 bits per heavy atom. The van der Waals surface area contributed by atoms with E-state index in [0.717, 1.165) is 42.7 Å². The lowest BCUT2D eigenvalue weighted by Crippen LogP contribution is -2.37. The lowest BCUT2D eigenvalue weighted by Gasteiger charge is -2.20. The molecule has 3 nitrogen and oxygen atoms in total. The molecule has 1 aromatic heterocycles. The number of nitrogens with one attached hydrogen (secondary N) is 1. The van der Waals surface area contributed by atoms with E-state index in [4.69, 9.17) is 9.15 Å². The highest BCUT2D eigenvalue weighted by molar-refractivity contribution is 5.86. The van der Waals surface area contributed by atoms with Gasteiger partial charge in [-0.15, -0.1) is 0 Å². The summed E-state index contributed by atoms with van der Waals surface area (Å²) in [4.78, 5) is 0. The predicted molar refractivity (Wildman–Crippen MR) is 83.5 cm³/mol. The highest BCUT2D eigenvalue weighted by Gasteiger charge is 2.12. The summed E-state index contributed by atoms with van der Waals surface area (Å²) in [7, 11) is 0. The SMILES string of the molecule is CCCOc1cccc2c(CCNC(C)(C)C)coc12. The Balaban J connectivity index is 2.11. The summed E-state index contributed by atoms with van der Waals surface area (Å²) in [6, 6.07) is 6.10. The van der Waals surface area contributed by atoms with Crippen LogP contribution in [0.3, 0.4) is 0 Å². The molecule has 0 saturated carbocycles. The average Bonchev–Trinajstić information content (AvgIpc) is 2.79. The molecule has 20 heavy (non-hydrogen) atoms. The maximum Gasteiger partial charge on any atom is 0.175 e. The van der Waals surface area contributed by atoms with E-state index in [1.54, 1.807) is 0 Å². The van der Waals surface area contributed by atoms with Crippen molar-refractivity contribution in [2.24, 2.45) is 0 Å². The van der Waals surface area contributed by atoms with Gasteiger partial charge in [0.25, 0.3) is 0 Å². The van der Waals surface area contributed by atoms with Crippen molar-refractivity contribution >= 4 is 11.0 Å². The van der Waals surface area contributed by atoms with E-state index in [1.807, 2.05) is 18.4 Å². The van der Waals surface area contributed by atoms with Gasteiger partial charge < -0.3 is 14.5 Å². The van der Waals surface area contributed by atoms with Crippen LogP contribution in [0, 0.1) is 0 Å². The summed E-state index contributed by atoms with van der Waals surface area (Å²) in [5.41, 5.74) is 2.25. The number of para-hydroxylation sites is 1. The summed E-state index contributed by atoms with van der Waals surface area (Å²) in [5, 5.41) is 4.66. The third kappa shape index (κ3) is 3.76. The number of ether oxygens (including phenoxy) is 1. The van der Waals surface area contributed by atoms with Gasteiger partial charge in [0.15, 0.2) is 11.3 Å².